The number of carbonyl (C=O) groups is 1. The second kappa shape index (κ2) is 12.4. The third-order valence-electron chi connectivity index (χ3n) is 7.44. The van der Waals surface area contributed by atoms with Crippen molar-refractivity contribution in [3.05, 3.63) is 101 Å². The first-order valence-electron chi connectivity index (χ1n) is 13.4. The zero-order valence-corrected chi connectivity index (χ0v) is 21.9. The first kappa shape index (κ1) is 26.8. The number of nitriles is 1. The number of rotatable bonds is 8. The predicted octanol–water partition coefficient (Wildman–Crippen LogP) is 5.15. The molecule has 2 aliphatic rings. The minimum atomic E-state index is -0.754. The lowest BCUT2D eigenvalue weighted by Gasteiger charge is -2.36. The summed E-state index contributed by atoms with van der Waals surface area (Å²) < 4.78 is 33.7. The number of halogens is 2. The number of anilines is 1. The highest BCUT2D eigenvalue weighted by molar-refractivity contribution is 5.94. The van der Waals surface area contributed by atoms with E-state index in [4.69, 9.17) is 10.00 Å². The number of carbonyl (C=O) groups excluding carboxylic acids is 1. The number of piperazine rings is 1. The number of ether oxygens (including phenoxy) is 1. The molecule has 2 heterocycles. The lowest BCUT2D eigenvalue weighted by molar-refractivity contribution is 0.00343. The van der Waals surface area contributed by atoms with Crippen LogP contribution < -0.4 is 4.90 Å². The molecule has 0 spiro atoms. The van der Waals surface area contributed by atoms with Gasteiger partial charge < -0.3 is 14.5 Å². The number of amides is 1. The van der Waals surface area contributed by atoms with Crippen molar-refractivity contribution in [3.63, 3.8) is 0 Å². The Morgan fingerprint density at radius 1 is 0.897 bits per heavy atom. The topological polar surface area (TPSA) is 59.8 Å². The standard InChI is InChI=1S/C31H32F2N4O2/c32-27-16-26(17-28(33)19-27)31(38)37-14-12-35(13-15-37)21-30(39-22-24-8-6-23(20-34)7-9-24)25-4-3-5-29(18-25)36-10-1-2-11-36/h3-9,16-19,30H,1-2,10-15,21-22H2/t30-/m1/s1. The minimum absolute atomic E-state index is 0.0308. The molecule has 0 bridgehead atoms. The fourth-order valence-corrected chi connectivity index (χ4v) is 5.25. The molecule has 5 rings (SSSR count). The van der Waals surface area contributed by atoms with Crippen LogP contribution in [0, 0.1) is 23.0 Å². The Balaban J connectivity index is 1.26. The summed E-state index contributed by atoms with van der Waals surface area (Å²) in [5.41, 5.74) is 3.94. The van der Waals surface area contributed by atoms with E-state index < -0.39 is 11.6 Å². The Bertz CT molecular complexity index is 1310. The summed E-state index contributed by atoms with van der Waals surface area (Å²) in [6.45, 7) is 5.37. The highest BCUT2D eigenvalue weighted by Gasteiger charge is 2.26. The molecule has 0 N–H and O–H groups in total. The molecule has 1 amide bonds. The molecule has 2 fully saturated rings. The van der Waals surface area contributed by atoms with Crippen LogP contribution in [-0.4, -0.2) is 61.5 Å². The van der Waals surface area contributed by atoms with Crippen LogP contribution in [-0.2, 0) is 11.3 Å². The number of nitrogens with zero attached hydrogens (tertiary/aromatic N) is 4. The van der Waals surface area contributed by atoms with E-state index in [1.54, 1.807) is 17.0 Å². The largest absolute Gasteiger partial charge is 0.372 e. The summed E-state index contributed by atoms with van der Waals surface area (Å²) in [5, 5.41) is 9.09. The van der Waals surface area contributed by atoms with E-state index in [-0.39, 0.29) is 17.6 Å². The van der Waals surface area contributed by atoms with Gasteiger partial charge in [-0.05, 0) is 60.4 Å². The highest BCUT2D eigenvalue weighted by Crippen LogP contribution is 2.28. The molecule has 6 nitrogen and oxygen atoms in total. The molecule has 39 heavy (non-hydrogen) atoms. The SMILES string of the molecule is N#Cc1ccc(CO[C@H](CN2CCN(C(=O)c3cc(F)cc(F)c3)CC2)c2cccc(N3CCCC3)c2)cc1. The average Bonchev–Trinajstić information content (AvgIpc) is 3.50. The molecule has 0 aliphatic carbocycles. The first-order chi connectivity index (χ1) is 19.0. The van der Waals surface area contributed by atoms with Gasteiger partial charge in [-0.15, -0.1) is 0 Å². The van der Waals surface area contributed by atoms with Crippen LogP contribution in [0.1, 0.15) is 46.0 Å². The molecule has 0 unspecified atom stereocenters. The van der Waals surface area contributed by atoms with Gasteiger partial charge in [-0.25, -0.2) is 8.78 Å². The van der Waals surface area contributed by atoms with Gasteiger partial charge >= 0.3 is 0 Å². The van der Waals surface area contributed by atoms with Gasteiger partial charge in [-0.2, -0.15) is 5.26 Å². The molecule has 2 saturated heterocycles. The zero-order valence-electron chi connectivity index (χ0n) is 21.9. The van der Waals surface area contributed by atoms with Crippen molar-refractivity contribution in [3.8, 4) is 6.07 Å². The van der Waals surface area contributed by atoms with Gasteiger partial charge in [-0.3, -0.25) is 9.69 Å². The molecule has 0 aromatic heterocycles. The maximum Gasteiger partial charge on any atom is 0.254 e. The second-order valence-corrected chi connectivity index (χ2v) is 10.1. The summed E-state index contributed by atoms with van der Waals surface area (Å²) in [6, 6.07) is 21.0. The Morgan fingerprint density at radius 3 is 2.26 bits per heavy atom. The normalized spacial score (nSPS) is 16.7. The van der Waals surface area contributed by atoms with Gasteiger partial charge in [0.2, 0.25) is 0 Å². The first-order valence-corrected chi connectivity index (χ1v) is 13.4. The Kier molecular flexibility index (Phi) is 8.50. The van der Waals surface area contributed by atoms with Crippen molar-refractivity contribution < 1.29 is 18.3 Å². The molecule has 8 heteroatoms. The van der Waals surface area contributed by atoms with Gasteiger partial charge in [0.25, 0.3) is 5.91 Å². The molecule has 2 aliphatic heterocycles. The van der Waals surface area contributed by atoms with Gasteiger partial charge in [0.05, 0.1) is 24.3 Å². The number of benzene rings is 3. The minimum Gasteiger partial charge on any atom is -0.372 e. The van der Waals surface area contributed by atoms with E-state index in [9.17, 15) is 13.6 Å². The van der Waals surface area contributed by atoms with Gasteiger partial charge in [0.15, 0.2) is 0 Å². The van der Waals surface area contributed by atoms with Crippen molar-refractivity contribution >= 4 is 11.6 Å². The van der Waals surface area contributed by atoms with Gasteiger partial charge in [-0.1, -0.05) is 24.3 Å². The lowest BCUT2D eigenvalue weighted by Crippen LogP contribution is -2.49. The van der Waals surface area contributed by atoms with E-state index in [2.05, 4.69) is 40.1 Å². The molecular formula is C31H32F2N4O2. The van der Waals surface area contributed by atoms with Gasteiger partial charge in [0.1, 0.15) is 11.6 Å². The predicted molar refractivity (Wildman–Crippen MR) is 145 cm³/mol. The van der Waals surface area contributed by atoms with Crippen LogP contribution in [0.4, 0.5) is 14.5 Å². The van der Waals surface area contributed by atoms with Crippen molar-refractivity contribution in [2.75, 3.05) is 50.7 Å². The summed E-state index contributed by atoms with van der Waals surface area (Å²) in [7, 11) is 0. The maximum absolute atomic E-state index is 13.6. The van der Waals surface area contributed by atoms with Crippen molar-refractivity contribution in [2.24, 2.45) is 0 Å². The Morgan fingerprint density at radius 2 is 1.59 bits per heavy atom. The molecule has 0 saturated carbocycles. The third-order valence-corrected chi connectivity index (χ3v) is 7.44. The van der Waals surface area contributed by atoms with E-state index in [0.29, 0.717) is 44.9 Å². The van der Waals surface area contributed by atoms with Crippen molar-refractivity contribution in [1.82, 2.24) is 9.80 Å². The van der Waals surface area contributed by atoms with Crippen molar-refractivity contribution in [1.29, 1.82) is 5.26 Å². The maximum atomic E-state index is 13.6. The summed E-state index contributed by atoms with van der Waals surface area (Å²) in [6.07, 6.45) is 2.21. The Labute approximate surface area is 228 Å². The molecule has 3 aromatic rings. The monoisotopic (exact) mass is 530 g/mol. The highest BCUT2D eigenvalue weighted by atomic mass is 19.1. The van der Waals surface area contributed by atoms with Crippen LogP contribution >= 0.6 is 0 Å². The molecule has 1 atom stereocenters. The average molecular weight is 531 g/mol. The van der Waals surface area contributed by atoms with E-state index >= 15 is 0 Å². The fourth-order valence-electron chi connectivity index (χ4n) is 5.25. The lowest BCUT2D eigenvalue weighted by atomic mass is 10.1. The van der Waals surface area contributed by atoms with Crippen LogP contribution in [0.25, 0.3) is 0 Å². The van der Waals surface area contributed by atoms with Crippen LogP contribution in [0.15, 0.2) is 66.7 Å². The quantitative estimate of drug-likeness (QED) is 0.403. The van der Waals surface area contributed by atoms with Crippen molar-refractivity contribution in [2.45, 2.75) is 25.6 Å². The van der Waals surface area contributed by atoms with Crippen LogP contribution in [0.5, 0.6) is 0 Å². The van der Waals surface area contributed by atoms with E-state index in [1.165, 1.54) is 18.5 Å². The smallest absolute Gasteiger partial charge is 0.254 e. The molecule has 3 aromatic carbocycles. The summed E-state index contributed by atoms with van der Waals surface area (Å²) >= 11 is 0. The zero-order chi connectivity index (χ0) is 27.2. The Hall–Kier alpha value is -3.80. The molecule has 202 valence electrons. The number of hydrogen-bond acceptors (Lipinski definition) is 5. The van der Waals surface area contributed by atoms with Gasteiger partial charge in [0, 0.05) is 63.1 Å². The second-order valence-electron chi connectivity index (χ2n) is 10.1. The van der Waals surface area contributed by atoms with Crippen LogP contribution in [0.3, 0.4) is 0 Å². The third kappa shape index (κ3) is 6.80. The number of hydrogen-bond donors (Lipinski definition) is 0. The molecule has 0 radical (unpaired) electrons. The van der Waals surface area contributed by atoms with E-state index in [0.717, 1.165) is 42.4 Å². The molecular weight excluding hydrogens is 498 g/mol. The fraction of sp³-hybridized carbons (Fsp3) is 0.355. The summed E-state index contributed by atoms with van der Waals surface area (Å²) in [5.74, 6) is -1.87. The summed E-state index contributed by atoms with van der Waals surface area (Å²) in [4.78, 5) is 19.2. The van der Waals surface area contributed by atoms with Crippen LogP contribution in [0.2, 0.25) is 0 Å². The van der Waals surface area contributed by atoms with E-state index in [1.807, 2.05) is 12.1 Å².